The second-order valence-electron chi connectivity index (χ2n) is 6.28. The predicted molar refractivity (Wildman–Crippen MR) is 113 cm³/mol. The Hall–Kier alpha value is -3.80. The summed E-state index contributed by atoms with van der Waals surface area (Å²) in [4.78, 5) is 25.2. The molecule has 2 aromatic carbocycles. The lowest BCUT2D eigenvalue weighted by atomic mass is 10.0. The van der Waals surface area contributed by atoms with Crippen molar-refractivity contribution in [3.8, 4) is 11.5 Å². The van der Waals surface area contributed by atoms with Gasteiger partial charge in [0.1, 0.15) is 12.2 Å². The van der Waals surface area contributed by atoms with Crippen molar-refractivity contribution in [3.63, 3.8) is 0 Å². The van der Waals surface area contributed by atoms with Crippen LogP contribution in [0.15, 0.2) is 73.3 Å². The molecule has 1 saturated heterocycles. The Morgan fingerprint density at radius 3 is 2.52 bits per heavy atom. The number of anilines is 1. The number of hydrogen-bond donors (Lipinski definition) is 1. The van der Waals surface area contributed by atoms with Gasteiger partial charge >= 0.3 is 0 Å². The summed E-state index contributed by atoms with van der Waals surface area (Å²) in [6.45, 7) is 7.76. The largest absolute Gasteiger partial charge is 0.493 e. The van der Waals surface area contributed by atoms with Crippen molar-refractivity contribution in [3.05, 3.63) is 84.5 Å². The Labute approximate surface area is 169 Å². The lowest BCUT2D eigenvalue weighted by Gasteiger charge is -2.15. The molecule has 1 aliphatic heterocycles. The summed E-state index contributed by atoms with van der Waals surface area (Å²) in [5, 5.41) is 1.23. The van der Waals surface area contributed by atoms with E-state index in [0.717, 1.165) is 5.56 Å². The number of hydrazine groups is 1. The second-order valence-corrected chi connectivity index (χ2v) is 6.28. The molecule has 0 saturated carbocycles. The van der Waals surface area contributed by atoms with Crippen LogP contribution in [0.4, 0.5) is 5.69 Å². The average molecular weight is 390 g/mol. The minimum absolute atomic E-state index is 0.0419. The number of carbonyl (C=O) groups is 2. The molecule has 2 amide bonds. The Morgan fingerprint density at radius 2 is 1.86 bits per heavy atom. The van der Waals surface area contributed by atoms with Gasteiger partial charge in [-0.1, -0.05) is 36.9 Å². The third-order valence-corrected chi connectivity index (χ3v) is 4.30. The number of methoxy groups -OCH3 is 1. The Kier molecular flexibility index (Phi) is 6.14. The molecule has 148 valence electrons. The van der Waals surface area contributed by atoms with E-state index in [1.807, 2.05) is 12.1 Å². The van der Waals surface area contributed by atoms with Crippen molar-refractivity contribution in [2.45, 2.75) is 6.42 Å². The quantitative estimate of drug-likeness (QED) is 0.426. The summed E-state index contributed by atoms with van der Waals surface area (Å²) < 4.78 is 11.2. The highest BCUT2D eigenvalue weighted by Gasteiger charge is 2.34. The van der Waals surface area contributed by atoms with Gasteiger partial charge in [-0.15, -0.1) is 6.58 Å². The first kappa shape index (κ1) is 19.9. The number of nitrogens with zero attached hydrogens (tertiary/aromatic N) is 1. The maximum Gasteiger partial charge on any atom is 0.282 e. The van der Waals surface area contributed by atoms with Crippen LogP contribution in [0.2, 0.25) is 0 Å². The van der Waals surface area contributed by atoms with Gasteiger partial charge in [-0.3, -0.25) is 15.0 Å². The third kappa shape index (κ3) is 4.21. The molecule has 6 nitrogen and oxygen atoms in total. The molecular weight excluding hydrogens is 368 g/mol. The molecular formula is C23H22N2O4. The van der Waals surface area contributed by atoms with Crippen LogP contribution in [-0.2, 0) is 16.0 Å². The molecule has 6 heteroatoms. The summed E-state index contributed by atoms with van der Waals surface area (Å²) in [7, 11) is 1.54. The first-order chi connectivity index (χ1) is 14.1. The highest BCUT2D eigenvalue weighted by molar-refractivity contribution is 6.31. The summed E-state index contributed by atoms with van der Waals surface area (Å²) in [6.07, 6.45) is 5.48. The Balaban J connectivity index is 1.99. The van der Waals surface area contributed by atoms with Crippen molar-refractivity contribution in [2.75, 3.05) is 18.7 Å². The molecule has 1 aliphatic rings. The SMILES string of the molecule is C=CCOc1c(CC=C)cc(/C=C2/C(=O)NN(c3ccccc3)C2=O)cc1OC. The molecule has 1 fully saturated rings. The summed E-state index contributed by atoms with van der Waals surface area (Å²) >= 11 is 0. The first-order valence-corrected chi connectivity index (χ1v) is 9.06. The van der Waals surface area contributed by atoms with Crippen molar-refractivity contribution in [1.29, 1.82) is 0 Å². The number of amides is 2. The number of hydrogen-bond acceptors (Lipinski definition) is 4. The van der Waals surface area contributed by atoms with Gasteiger partial charge in [0.15, 0.2) is 11.5 Å². The zero-order valence-corrected chi connectivity index (χ0v) is 16.2. The first-order valence-electron chi connectivity index (χ1n) is 9.06. The topological polar surface area (TPSA) is 67.9 Å². The van der Waals surface area contributed by atoms with Crippen molar-refractivity contribution >= 4 is 23.6 Å². The van der Waals surface area contributed by atoms with Gasteiger partial charge in [0.2, 0.25) is 0 Å². The number of carbonyl (C=O) groups excluding carboxylic acids is 2. The lowest BCUT2D eigenvalue weighted by molar-refractivity contribution is -0.117. The van der Waals surface area contributed by atoms with E-state index in [0.29, 0.717) is 35.8 Å². The van der Waals surface area contributed by atoms with Crippen LogP contribution in [-0.4, -0.2) is 25.5 Å². The summed E-state index contributed by atoms with van der Waals surface area (Å²) in [6, 6.07) is 12.5. The fourth-order valence-electron chi connectivity index (χ4n) is 3.01. The molecule has 1 heterocycles. The zero-order valence-electron chi connectivity index (χ0n) is 16.2. The molecule has 0 aliphatic carbocycles. The van der Waals surface area contributed by atoms with Gasteiger partial charge in [0.25, 0.3) is 11.8 Å². The molecule has 0 spiro atoms. The molecule has 0 bridgehead atoms. The maximum atomic E-state index is 12.8. The van der Waals surface area contributed by atoms with Crippen molar-refractivity contribution < 1.29 is 19.1 Å². The summed E-state index contributed by atoms with van der Waals surface area (Å²) in [5.74, 6) is 0.207. The van der Waals surface area contributed by atoms with Crippen LogP contribution in [0.5, 0.6) is 11.5 Å². The lowest BCUT2D eigenvalue weighted by Crippen LogP contribution is -2.35. The van der Waals surface area contributed by atoms with E-state index in [1.54, 1.807) is 48.6 Å². The number of para-hydroxylation sites is 1. The highest BCUT2D eigenvalue weighted by atomic mass is 16.5. The monoisotopic (exact) mass is 390 g/mol. The molecule has 0 radical (unpaired) electrons. The number of nitrogens with one attached hydrogen (secondary N) is 1. The van der Waals surface area contributed by atoms with E-state index >= 15 is 0 Å². The van der Waals surface area contributed by atoms with Gasteiger partial charge in [-0.05, 0) is 42.3 Å². The van der Waals surface area contributed by atoms with Crippen molar-refractivity contribution in [1.82, 2.24) is 5.43 Å². The van der Waals surface area contributed by atoms with E-state index < -0.39 is 11.8 Å². The Bertz CT molecular complexity index is 980. The van der Waals surface area contributed by atoms with Gasteiger partial charge in [0, 0.05) is 5.56 Å². The fraction of sp³-hybridized carbons (Fsp3) is 0.130. The van der Waals surface area contributed by atoms with E-state index in [4.69, 9.17) is 9.47 Å². The zero-order chi connectivity index (χ0) is 20.8. The Morgan fingerprint density at radius 1 is 1.10 bits per heavy atom. The molecule has 3 rings (SSSR count). The van der Waals surface area contributed by atoms with Crippen LogP contribution in [0, 0.1) is 0 Å². The molecule has 0 atom stereocenters. The highest BCUT2D eigenvalue weighted by Crippen LogP contribution is 2.35. The molecule has 1 N–H and O–H groups in total. The average Bonchev–Trinajstić information content (AvgIpc) is 3.01. The van der Waals surface area contributed by atoms with Gasteiger partial charge < -0.3 is 9.47 Å². The number of rotatable bonds is 8. The van der Waals surface area contributed by atoms with E-state index in [1.165, 1.54) is 12.1 Å². The second kappa shape index (κ2) is 8.93. The standard InChI is InChI=1S/C23H22N2O4/c1-4-9-17-13-16(15-20(28-3)21(17)29-12-5-2)14-19-22(26)24-25(23(19)27)18-10-7-6-8-11-18/h4-8,10-11,13-15H,1-2,9,12H2,3H3,(H,24,26)/b19-14-. The van der Waals surface area contributed by atoms with Gasteiger partial charge in [0.05, 0.1) is 12.8 Å². The van der Waals surface area contributed by atoms with E-state index in [2.05, 4.69) is 18.6 Å². The van der Waals surface area contributed by atoms with Crippen LogP contribution < -0.4 is 19.9 Å². The normalized spacial score (nSPS) is 14.7. The van der Waals surface area contributed by atoms with E-state index in [-0.39, 0.29) is 5.57 Å². The molecule has 2 aromatic rings. The van der Waals surface area contributed by atoms with Crippen LogP contribution in [0.3, 0.4) is 0 Å². The predicted octanol–water partition coefficient (Wildman–Crippen LogP) is 3.45. The van der Waals surface area contributed by atoms with Gasteiger partial charge in [-0.2, -0.15) is 0 Å². The van der Waals surface area contributed by atoms with Crippen LogP contribution in [0.25, 0.3) is 6.08 Å². The molecule has 0 unspecified atom stereocenters. The van der Waals surface area contributed by atoms with Gasteiger partial charge in [-0.25, -0.2) is 5.01 Å². The smallest absolute Gasteiger partial charge is 0.282 e. The van der Waals surface area contributed by atoms with Crippen molar-refractivity contribution in [2.24, 2.45) is 0 Å². The molecule has 0 aromatic heterocycles. The minimum atomic E-state index is -0.463. The van der Waals surface area contributed by atoms with Crippen LogP contribution in [0.1, 0.15) is 11.1 Å². The van der Waals surface area contributed by atoms with Crippen LogP contribution >= 0.6 is 0 Å². The van der Waals surface area contributed by atoms with E-state index in [9.17, 15) is 9.59 Å². The number of allylic oxidation sites excluding steroid dienone is 1. The number of benzene rings is 2. The minimum Gasteiger partial charge on any atom is -0.493 e. The third-order valence-electron chi connectivity index (χ3n) is 4.30. The number of ether oxygens (including phenoxy) is 2. The maximum absolute atomic E-state index is 12.8. The summed E-state index contributed by atoms with van der Waals surface area (Å²) in [5.41, 5.74) is 4.71. The molecule has 29 heavy (non-hydrogen) atoms. The fourth-order valence-corrected chi connectivity index (χ4v) is 3.01.